The molecule has 0 unspecified atom stereocenters. The maximum atomic E-state index is 12.5. The molecule has 0 aromatic heterocycles. The molecule has 2 N–H and O–H groups in total. The van der Waals surface area contributed by atoms with Gasteiger partial charge in [0.05, 0.1) is 10.6 Å². The molecule has 90 valence electrons. The first kappa shape index (κ1) is 13.4. The summed E-state index contributed by atoms with van der Waals surface area (Å²) in [5, 5.41) is -0.665. The topological polar surface area (TPSA) is 60.2 Å². The van der Waals surface area contributed by atoms with E-state index in [2.05, 4.69) is 0 Å². The van der Waals surface area contributed by atoms with Crippen LogP contribution in [0.2, 0.25) is 5.02 Å². The molecule has 1 aromatic rings. The highest BCUT2D eigenvalue weighted by Gasteiger charge is 2.38. The Morgan fingerprint density at radius 2 is 1.75 bits per heavy atom. The van der Waals surface area contributed by atoms with E-state index in [1.807, 2.05) is 0 Å². The summed E-state index contributed by atoms with van der Waals surface area (Å²) in [6.07, 6.45) is -4.91. The zero-order valence-corrected chi connectivity index (χ0v) is 9.67. The number of nitrogen functional groups attached to an aromatic ring is 1. The molecule has 0 aliphatic heterocycles. The molecule has 0 radical (unpaired) electrons. The highest BCUT2D eigenvalue weighted by atomic mass is 35.7. The van der Waals surface area contributed by atoms with Gasteiger partial charge in [-0.15, -0.1) is 0 Å². The fourth-order valence-electron chi connectivity index (χ4n) is 1.07. The maximum absolute atomic E-state index is 12.5. The zero-order chi connectivity index (χ0) is 12.7. The number of benzene rings is 1. The van der Waals surface area contributed by atoms with Crippen LogP contribution in [0.1, 0.15) is 5.56 Å². The van der Waals surface area contributed by atoms with Crippen LogP contribution in [0, 0.1) is 0 Å². The van der Waals surface area contributed by atoms with E-state index in [-0.39, 0.29) is 5.69 Å². The number of alkyl halides is 3. The van der Waals surface area contributed by atoms with Crippen molar-refractivity contribution >= 4 is 37.0 Å². The highest BCUT2D eigenvalue weighted by Crippen LogP contribution is 2.40. The Hall–Kier alpha value is -0.660. The molecule has 0 aliphatic carbocycles. The van der Waals surface area contributed by atoms with Gasteiger partial charge in [0.15, 0.2) is 0 Å². The number of halogens is 5. The second-order valence-corrected chi connectivity index (χ2v) is 5.73. The van der Waals surface area contributed by atoms with E-state index in [0.717, 1.165) is 6.07 Å². The van der Waals surface area contributed by atoms with Crippen LogP contribution in [0.25, 0.3) is 0 Å². The quantitative estimate of drug-likeness (QED) is 0.640. The lowest BCUT2D eigenvalue weighted by Gasteiger charge is -2.12. The first-order valence-electron chi connectivity index (χ1n) is 3.64. The van der Waals surface area contributed by atoms with Crippen molar-refractivity contribution in [3.63, 3.8) is 0 Å². The van der Waals surface area contributed by atoms with Crippen LogP contribution in [0.5, 0.6) is 0 Å². The summed E-state index contributed by atoms with van der Waals surface area (Å²) in [5.74, 6) is 0. The van der Waals surface area contributed by atoms with E-state index < -0.39 is 30.7 Å². The SMILES string of the molecule is Nc1cc(Cl)c(S(=O)(=O)Cl)c(C(F)(F)F)c1. The first-order valence-corrected chi connectivity index (χ1v) is 6.33. The molecule has 1 aromatic carbocycles. The summed E-state index contributed by atoms with van der Waals surface area (Å²) in [6, 6.07) is 1.34. The number of hydrogen-bond acceptors (Lipinski definition) is 3. The number of hydrogen-bond donors (Lipinski definition) is 1. The summed E-state index contributed by atoms with van der Waals surface area (Å²) < 4.78 is 59.4. The Kier molecular flexibility index (Phi) is 3.33. The molecule has 0 aliphatic rings. The molecule has 0 fully saturated rings. The molecule has 0 bridgehead atoms. The van der Waals surface area contributed by atoms with E-state index in [4.69, 9.17) is 28.0 Å². The van der Waals surface area contributed by atoms with Crippen LogP contribution in [0.3, 0.4) is 0 Å². The lowest BCUT2D eigenvalue weighted by atomic mass is 10.2. The third kappa shape index (κ3) is 2.72. The minimum absolute atomic E-state index is 0.304. The predicted octanol–water partition coefficient (Wildman–Crippen LogP) is 2.87. The summed E-state index contributed by atoms with van der Waals surface area (Å²) in [7, 11) is 0.275. The largest absolute Gasteiger partial charge is 0.417 e. The third-order valence-corrected chi connectivity index (χ3v) is 3.42. The lowest BCUT2D eigenvalue weighted by molar-refractivity contribution is -0.139. The Labute approximate surface area is 98.4 Å². The Morgan fingerprint density at radius 1 is 1.25 bits per heavy atom. The van der Waals surface area contributed by atoms with Crippen molar-refractivity contribution in [2.24, 2.45) is 0 Å². The van der Waals surface area contributed by atoms with Gasteiger partial charge in [-0.3, -0.25) is 0 Å². The van der Waals surface area contributed by atoms with Crippen LogP contribution >= 0.6 is 22.3 Å². The van der Waals surface area contributed by atoms with Gasteiger partial charge in [-0.05, 0) is 12.1 Å². The van der Waals surface area contributed by atoms with E-state index in [1.165, 1.54) is 0 Å². The molecule has 0 atom stereocenters. The van der Waals surface area contributed by atoms with Crippen molar-refractivity contribution in [3.05, 3.63) is 22.7 Å². The van der Waals surface area contributed by atoms with Crippen molar-refractivity contribution in [2.45, 2.75) is 11.1 Å². The molecule has 0 saturated carbocycles. The highest BCUT2D eigenvalue weighted by molar-refractivity contribution is 8.13. The molecule has 1 rings (SSSR count). The lowest BCUT2D eigenvalue weighted by Crippen LogP contribution is -2.12. The Morgan fingerprint density at radius 3 is 2.12 bits per heavy atom. The monoisotopic (exact) mass is 293 g/mol. The van der Waals surface area contributed by atoms with Crippen LogP contribution < -0.4 is 5.73 Å². The summed E-state index contributed by atoms with van der Waals surface area (Å²) in [4.78, 5) is -1.18. The van der Waals surface area contributed by atoms with E-state index in [0.29, 0.717) is 6.07 Å². The van der Waals surface area contributed by atoms with Gasteiger partial charge < -0.3 is 5.73 Å². The van der Waals surface area contributed by atoms with Crippen molar-refractivity contribution in [1.82, 2.24) is 0 Å². The Bertz CT molecular complexity index is 527. The molecule has 16 heavy (non-hydrogen) atoms. The predicted molar refractivity (Wildman–Crippen MR) is 53.9 cm³/mol. The Balaban J connectivity index is 3.72. The second kappa shape index (κ2) is 3.97. The van der Waals surface area contributed by atoms with Crippen LogP contribution in [0.4, 0.5) is 18.9 Å². The average Bonchev–Trinajstić information content (AvgIpc) is 1.97. The minimum Gasteiger partial charge on any atom is -0.399 e. The van der Waals surface area contributed by atoms with Gasteiger partial charge in [0.25, 0.3) is 9.05 Å². The zero-order valence-electron chi connectivity index (χ0n) is 7.35. The molecule has 9 heteroatoms. The van der Waals surface area contributed by atoms with Crippen LogP contribution in [-0.4, -0.2) is 8.42 Å². The van der Waals surface area contributed by atoms with Gasteiger partial charge in [-0.2, -0.15) is 13.2 Å². The molecular weight excluding hydrogens is 290 g/mol. The first-order chi connectivity index (χ1) is 7.03. The van der Waals surface area contributed by atoms with Crippen LogP contribution in [0.15, 0.2) is 17.0 Å². The van der Waals surface area contributed by atoms with Gasteiger partial charge in [0.2, 0.25) is 0 Å². The van der Waals surface area contributed by atoms with Crippen LogP contribution in [-0.2, 0) is 15.2 Å². The van der Waals surface area contributed by atoms with Crippen molar-refractivity contribution in [2.75, 3.05) is 5.73 Å². The van der Waals surface area contributed by atoms with Gasteiger partial charge in [0.1, 0.15) is 4.90 Å². The summed E-state index contributed by atoms with van der Waals surface area (Å²) >= 11 is 5.38. The third-order valence-electron chi connectivity index (χ3n) is 1.62. The molecule has 3 nitrogen and oxygen atoms in total. The average molecular weight is 294 g/mol. The van der Waals surface area contributed by atoms with Gasteiger partial charge in [-0.25, -0.2) is 8.42 Å². The molecule has 0 amide bonds. The normalized spacial score (nSPS) is 12.8. The summed E-state index contributed by atoms with van der Waals surface area (Å²) in [5.41, 5.74) is 3.36. The smallest absolute Gasteiger partial charge is 0.399 e. The fraction of sp³-hybridized carbons (Fsp3) is 0.143. The number of rotatable bonds is 1. The number of nitrogens with two attached hydrogens (primary N) is 1. The van der Waals surface area contributed by atoms with Gasteiger partial charge in [0, 0.05) is 16.4 Å². The van der Waals surface area contributed by atoms with Crippen molar-refractivity contribution < 1.29 is 21.6 Å². The fourth-order valence-corrected chi connectivity index (χ4v) is 2.95. The van der Waals surface area contributed by atoms with Crippen molar-refractivity contribution in [1.29, 1.82) is 0 Å². The second-order valence-electron chi connectivity index (χ2n) is 2.82. The number of anilines is 1. The van der Waals surface area contributed by atoms with Crippen molar-refractivity contribution in [3.8, 4) is 0 Å². The van der Waals surface area contributed by atoms with Gasteiger partial charge >= 0.3 is 6.18 Å². The molecule has 0 saturated heterocycles. The molecule has 0 spiro atoms. The van der Waals surface area contributed by atoms with E-state index in [1.54, 1.807) is 0 Å². The van der Waals surface area contributed by atoms with Gasteiger partial charge in [-0.1, -0.05) is 11.6 Å². The van der Waals surface area contributed by atoms with E-state index >= 15 is 0 Å². The molecular formula is C7H4Cl2F3NO2S. The van der Waals surface area contributed by atoms with E-state index in [9.17, 15) is 21.6 Å². The minimum atomic E-state index is -4.91. The standard InChI is InChI=1S/C7H4Cl2F3NO2S/c8-5-2-3(13)1-4(7(10,11)12)6(5)16(9,14)15/h1-2H,13H2. The maximum Gasteiger partial charge on any atom is 0.417 e. The summed E-state index contributed by atoms with van der Waals surface area (Å²) in [6.45, 7) is 0. The molecule has 0 heterocycles.